The van der Waals surface area contributed by atoms with Crippen molar-refractivity contribution in [3.8, 4) is 0 Å². The zero-order valence-corrected chi connectivity index (χ0v) is 21.3. The lowest BCUT2D eigenvalue weighted by Crippen LogP contribution is -2.42. The number of hydrogen-bond donors (Lipinski definition) is 2. The minimum absolute atomic E-state index is 0. The van der Waals surface area contributed by atoms with Crippen molar-refractivity contribution < 1.29 is 4.74 Å². The van der Waals surface area contributed by atoms with E-state index < -0.39 is 0 Å². The van der Waals surface area contributed by atoms with E-state index in [1.165, 1.54) is 5.56 Å². The molecule has 172 valence electrons. The second-order valence-corrected chi connectivity index (χ2v) is 7.60. The highest BCUT2D eigenvalue weighted by molar-refractivity contribution is 14.0. The maximum Gasteiger partial charge on any atom is 0.191 e. The first-order valence-electron chi connectivity index (χ1n) is 10.7. The first-order valence-corrected chi connectivity index (χ1v) is 11.0. The Morgan fingerprint density at radius 2 is 2.06 bits per heavy atom. The third-order valence-electron chi connectivity index (χ3n) is 5.14. The SMILES string of the molecule is CCNC(=NCC(c1cccc(Cl)c1)N1CCOCC1)NCCn1cnnc1CC.I. The van der Waals surface area contributed by atoms with Crippen molar-refractivity contribution in [3.05, 3.63) is 47.0 Å². The van der Waals surface area contributed by atoms with Gasteiger partial charge in [0, 0.05) is 44.2 Å². The molecule has 2 heterocycles. The van der Waals surface area contributed by atoms with Crippen molar-refractivity contribution >= 4 is 41.5 Å². The Bertz CT molecular complexity index is 811. The summed E-state index contributed by atoms with van der Waals surface area (Å²) in [6.45, 7) is 10.4. The molecule has 1 saturated heterocycles. The Labute approximate surface area is 206 Å². The Balaban J connectivity index is 0.00000341. The van der Waals surface area contributed by atoms with E-state index in [1.807, 2.05) is 18.2 Å². The molecule has 1 aromatic carbocycles. The predicted octanol–water partition coefficient (Wildman–Crippen LogP) is 2.74. The summed E-state index contributed by atoms with van der Waals surface area (Å²) < 4.78 is 7.61. The van der Waals surface area contributed by atoms with Gasteiger partial charge in [-0.05, 0) is 24.6 Å². The van der Waals surface area contributed by atoms with E-state index in [9.17, 15) is 0 Å². The van der Waals surface area contributed by atoms with Crippen LogP contribution in [0, 0.1) is 0 Å². The number of aromatic nitrogens is 3. The summed E-state index contributed by atoms with van der Waals surface area (Å²) in [6, 6.07) is 8.23. The van der Waals surface area contributed by atoms with Gasteiger partial charge in [0.1, 0.15) is 12.2 Å². The van der Waals surface area contributed by atoms with Crippen LogP contribution < -0.4 is 10.6 Å². The summed E-state index contributed by atoms with van der Waals surface area (Å²) in [7, 11) is 0. The quantitative estimate of drug-likeness (QED) is 0.279. The fourth-order valence-corrected chi connectivity index (χ4v) is 3.79. The van der Waals surface area contributed by atoms with Crippen LogP contribution in [-0.4, -0.2) is 71.6 Å². The van der Waals surface area contributed by atoms with Gasteiger partial charge in [-0.1, -0.05) is 30.7 Å². The van der Waals surface area contributed by atoms with Crippen LogP contribution >= 0.6 is 35.6 Å². The van der Waals surface area contributed by atoms with Gasteiger partial charge in [-0.2, -0.15) is 0 Å². The number of nitrogens with one attached hydrogen (secondary N) is 2. The average molecular weight is 562 g/mol. The lowest BCUT2D eigenvalue weighted by molar-refractivity contribution is 0.0180. The van der Waals surface area contributed by atoms with Crippen molar-refractivity contribution in [2.75, 3.05) is 45.9 Å². The number of ether oxygens (including phenoxy) is 1. The van der Waals surface area contributed by atoms with Crippen LogP contribution in [0.1, 0.15) is 31.3 Å². The predicted molar refractivity (Wildman–Crippen MR) is 135 cm³/mol. The highest BCUT2D eigenvalue weighted by Gasteiger charge is 2.22. The second kappa shape index (κ2) is 13.9. The highest BCUT2D eigenvalue weighted by Crippen LogP contribution is 2.24. The van der Waals surface area contributed by atoms with Crippen LogP contribution in [0.15, 0.2) is 35.6 Å². The highest BCUT2D eigenvalue weighted by atomic mass is 127. The van der Waals surface area contributed by atoms with Crippen LogP contribution in [0.4, 0.5) is 0 Å². The van der Waals surface area contributed by atoms with Gasteiger partial charge in [-0.25, -0.2) is 0 Å². The summed E-state index contributed by atoms with van der Waals surface area (Å²) in [4.78, 5) is 7.31. The maximum atomic E-state index is 6.27. The third kappa shape index (κ3) is 7.89. The van der Waals surface area contributed by atoms with Gasteiger partial charge in [0.25, 0.3) is 0 Å². The molecule has 1 unspecified atom stereocenters. The molecule has 1 aromatic heterocycles. The van der Waals surface area contributed by atoms with E-state index >= 15 is 0 Å². The summed E-state index contributed by atoms with van der Waals surface area (Å²) in [5, 5.41) is 15.6. The zero-order valence-electron chi connectivity index (χ0n) is 18.3. The number of halogens is 2. The molecule has 2 aromatic rings. The zero-order chi connectivity index (χ0) is 21.2. The molecule has 1 fully saturated rings. The number of rotatable bonds is 9. The van der Waals surface area contributed by atoms with Crippen molar-refractivity contribution in [1.29, 1.82) is 0 Å². The summed E-state index contributed by atoms with van der Waals surface area (Å²) in [6.07, 6.45) is 2.65. The summed E-state index contributed by atoms with van der Waals surface area (Å²) >= 11 is 6.27. The van der Waals surface area contributed by atoms with Gasteiger partial charge in [-0.15, -0.1) is 34.2 Å². The minimum Gasteiger partial charge on any atom is -0.379 e. The average Bonchev–Trinajstić information content (AvgIpc) is 3.22. The largest absolute Gasteiger partial charge is 0.379 e. The molecule has 0 aliphatic carbocycles. The van der Waals surface area contributed by atoms with E-state index in [4.69, 9.17) is 21.3 Å². The van der Waals surface area contributed by atoms with Gasteiger partial charge in [0.05, 0.1) is 25.8 Å². The van der Waals surface area contributed by atoms with Gasteiger partial charge in [0.2, 0.25) is 0 Å². The van der Waals surface area contributed by atoms with Gasteiger partial charge >= 0.3 is 0 Å². The van der Waals surface area contributed by atoms with Crippen LogP contribution in [0.2, 0.25) is 5.02 Å². The second-order valence-electron chi connectivity index (χ2n) is 7.16. The van der Waals surface area contributed by atoms with Gasteiger partial charge in [-0.3, -0.25) is 9.89 Å². The number of hydrogen-bond acceptors (Lipinski definition) is 5. The molecule has 1 atom stereocenters. The number of guanidine groups is 1. The van der Waals surface area contributed by atoms with Gasteiger partial charge < -0.3 is 19.9 Å². The van der Waals surface area contributed by atoms with Crippen LogP contribution in [0.5, 0.6) is 0 Å². The molecule has 3 rings (SSSR count). The normalized spacial score (nSPS) is 15.9. The molecule has 10 heteroatoms. The van der Waals surface area contributed by atoms with Crippen molar-refractivity contribution in [2.45, 2.75) is 32.9 Å². The molecular weight excluding hydrogens is 529 g/mol. The molecule has 1 aliphatic rings. The lowest BCUT2D eigenvalue weighted by Gasteiger charge is -2.34. The number of morpholine rings is 1. The van der Waals surface area contributed by atoms with Crippen molar-refractivity contribution in [2.24, 2.45) is 4.99 Å². The molecule has 0 bridgehead atoms. The number of aliphatic imine (C=N–C) groups is 1. The van der Waals surface area contributed by atoms with E-state index in [0.717, 1.165) is 69.2 Å². The van der Waals surface area contributed by atoms with E-state index in [0.29, 0.717) is 6.54 Å². The molecule has 2 N–H and O–H groups in total. The number of benzene rings is 1. The Hall–Kier alpha value is -1.43. The third-order valence-corrected chi connectivity index (χ3v) is 5.38. The number of nitrogens with zero attached hydrogens (tertiary/aromatic N) is 5. The molecule has 8 nitrogen and oxygen atoms in total. The fraction of sp³-hybridized carbons (Fsp3) is 0.571. The topological polar surface area (TPSA) is 79.6 Å². The van der Waals surface area contributed by atoms with E-state index in [-0.39, 0.29) is 30.0 Å². The molecule has 0 saturated carbocycles. The Morgan fingerprint density at radius 1 is 1.26 bits per heavy atom. The number of aryl methyl sites for hydroxylation is 1. The van der Waals surface area contributed by atoms with Crippen LogP contribution in [0.25, 0.3) is 0 Å². The van der Waals surface area contributed by atoms with Crippen molar-refractivity contribution in [3.63, 3.8) is 0 Å². The minimum atomic E-state index is 0. The van der Waals surface area contributed by atoms with Crippen LogP contribution in [-0.2, 0) is 17.7 Å². The molecule has 0 amide bonds. The Morgan fingerprint density at radius 3 is 2.77 bits per heavy atom. The van der Waals surface area contributed by atoms with E-state index in [2.05, 4.69) is 50.2 Å². The maximum absolute atomic E-state index is 6.27. The standard InChI is InChI=1S/C21H32ClN7O.HI/c1-3-20-27-26-16-29(20)9-8-24-21(23-4-2)25-15-19(28-10-12-30-13-11-28)17-6-5-7-18(22)14-17;/h5-7,14,16,19H,3-4,8-13,15H2,1-2H3,(H2,23,24,25);1H. The lowest BCUT2D eigenvalue weighted by atomic mass is 10.0. The van der Waals surface area contributed by atoms with Crippen LogP contribution in [0.3, 0.4) is 0 Å². The first-order chi connectivity index (χ1) is 14.7. The Kier molecular flexibility index (Phi) is 11.6. The van der Waals surface area contributed by atoms with E-state index in [1.54, 1.807) is 6.33 Å². The van der Waals surface area contributed by atoms with Crippen molar-refractivity contribution in [1.82, 2.24) is 30.3 Å². The molecule has 31 heavy (non-hydrogen) atoms. The molecule has 0 spiro atoms. The van der Waals surface area contributed by atoms with Gasteiger partial charge in [0.15, 0.2) is 5.96 Å². The molecule has 0 radical (unpaired) electrons. The molecule has 1 aliphatic heterocycles. The monoisotopic (exact) mass is 561 g/mol. The first kappa shape index (κ1) is 25.8. The summed E-state index contributed by atoms with van der Waals surface area (Å²) in [5.41, 5.74) is 1.18. The fourth-order valence-electron chi connectivity index (χ4n) is 3.59. The smallest absolute Gasteiger partial charge is 0.191 e. The summed E-state index contributed by atoms with van der Waals surface area (Å²) in [5.74, 6) is 1.80. The molecular formula is C21H33ClIN7O.